The lowest BCUT2D eigenvalue weighted by Crippen LogP contribution is -1.85. The number of hydrogen-bond acceptors (Lipinski definition) is 4. The number of aromatic nitrogens is 1. The highest BCUT2D eigenvalue weighted by molar-refractivity contribution is 5.85. The Balaban J connectivity index is 2.45. The van der Waals surface area contributed by atoms with Crippen molar-refractivity contribution in [3.63, 3.8) is 0 Å². The third-order valence-electron chi connectivity index (χ3n) is 1.83. The zero-order chi connectivity index (χ0) is 9.97. The molecule has 0 aliphatic carbocycles. The molecular weight excluding hydrogens is 182 g/mol. The number of phenols is 1. The Labute approximate surface area is 79.1 Å². The molecule has 0 saturated heterocycles. The van der Waals surface area contributed by atoms with Crippen LogP contribution in [0.4, 0.5) is 5.82 Å². The minimum atomic E-state index is 0.196. The number of aromatic hydroxyl groups is 1. The molecule has 0 fully saturated rings. The van der Waals surface area contributed by atoms with Crippen LogP contribution in [0.3, 0.4) is 0 Å². The van der Waals surface area contributed by atoms with Crippen LogP contribution >= 0.6 is 0 Å². The molecule has 0 atom stereocenters. The number of carbonyl (C=O) groups excluding carboxylic acids is 1. The number of nitrogens with one attached hydrogen (secondary N) is 2. The molecular formula is C9H7N3O2. The van der Waals surface area contributed by atoms with Crippen molar-refractivity contribution in [1.29, 1.82) is 0 Å². The molecule has 0 saturated carbocycles. The van der Waals surface area contributed by atoms with E-state index in [1.54, 1.807) is 24.3 Å². The van der Waals surface area contributed by atoms with E-state index in [1.807, 2.05) is 0 Å². The largest absolute Gasteiger partial charge is 0.508 e. The molecule has 1 aromatic heterocycles. The molecule has 2 rings (SSSR count). The second-order valence-corrected chi connectivity index (χ2v) is 2.77. The summed E-state index contributed by atoms with van der Waals surface area (Å²) in [6, 6.07) is 6.66. The van der Waals surface area contributed by atoms with Crippen molar-refractivity contribution < 1.29 is 9.90 Å². The molecule has 5 nitrogen and oxygen atoms in total. The summed E-state index contributed by atoms with van der Waals surface area (Å²) in [5, 5.41) is 13.2. The number of aromatic amines is 1. The smallest absolute Gasteiger partial charge is 0.258 e. The van der Waals surface area contributed by atoms with E-state index in [0.29, 0.717) is 5.82 Å². The minimum Gasteiger partial charge on any atom is -0.508 e. The molecule has 3 N–H and O–H groups in total. The monoisotopic (exact) mass is 189 g/mol. The number of H-pyrrole nitrogens is 1. The zero-order valence-electron chi connectivity index (χ0n) is 7.11. The van der Waals surface area contributed by atoms with Crippen molar-refractivity contribution in [1.82, 2.24) is 4.98 Å². The molecule has 70 valence electrons. The van der Waals surface area contributed by atoms with Crippen molar-refractivity contribution in [3.8, 4) is 5.75 Å². The maximum Gasteiger partial charge on any atom is 0.258 e. The van der Waals surface area contributed by atoms with Gasteiger partial charge in [0.25, 0.3) is 6.08 Å². The van der Waals surface area contributed by atoms with Gasteiger partial charge in [-0.1, -0.05) is 5.10 Å². The molecule has 14 heavy (non-hydrogen) atoms. The summed E-state index contributed by atoms with van der Waals surface area (Å²) >= 11 is 0. The number of isocyanates is 1. The van der Waals surface area contributed by atoms with Gasteiger partial charge in [0.15, 0.2) is 0 Å². The maximum atomic E-state index is 9.84. The highest BCUT2D eigenvalue weighted by Gasteiger charge is 1.99. The Bertz CT molecular complexity index is 512. The lowest BCUT2D eigenvalue weighted by Gasteiger charge is -1.90. The summed E-state index contributed by atoms with van der Waals surface area (Å²) < 4.78 is 0. The fourth-order valence-electron chi connectivity index (χ4n) is 1.26. The number of rotatable bonds is 2. The van der Waals surface area contributed by atoms with Crippen LogP contribution in [-0.2, 0) is 4.79 Å². The van der Waals surface area contributed by atoms with Crippen LogP contribution in [0, 0.1) is 0 Å². The number of fused-ring (bicyclic) bond motifs is 1. The number of hydrazone groups is 1. The van der Waals surface area contributed by atoms with Crippen LogP contribution in [0.15, 0.2) is 29.4 Å². The zero-order valence-corrected chi connectivity index (χ0v) is 7.11. The van der Waals surface area contributed by atoms with Gasteiger partial charge in [-0.05, 0) is 24.3 Å². The van der Waals surface area contributed by atoms with Crippen molar-refractivity contribution in [2.24, 2.45) is 5.10 Å². The topological polar surface area (TPSA) is 77.5 Å². The first-order valence-electron chi connectivity index (χ1n) is 3.94. The van der Waals surface area contributed by atoms with Crippen LogP contribution in [0.25, 0.3) is 10.9 Å². The van der Waals surface area contributed by atoms with Crippen LogP contribution < -0.4 is 5.43 Å². The van der Waals surface area contributed by atoms with Crippen molar-refractivity contribution >= 4 is 22.8 Å². The fraction of sp³-hybridized carbons (Fsp3) is 0. The lowest BCUT2D eigenvalue weighted by molar-refractivity contribution is 0.476. The van der Waals surface area contributed by atoms with Gasteiger partial charge in [-0.2, -0.15) is 0 Å². The van der Waals surface area contributed by atoms with E-state index in [1.165, 1.54) is 6.08 Å². The van der Waals surface area contributed by atoms with E-state index in [0.717, 1.165) is 10.9 Å². The normalized spacial score (nSPS) is 9.71. The van der Waals surface area contributed by atoms with E-state index >= 15 is 0 Å². The quantitative estimate of drug-likeness (QED) is 0.381. The van der Waals surface area contributed by atoms with Gasteiger partial charge in [0.2, 0.25) is 0 Å². The first-order valence-corrected chi connectivity index (χ1v) is 3.94. The summed E-state index contributed by atoms with van der Waals surface area (Å²) in [7, 11) is 0. The summed E-state index contributed by atoms with van der Waals surface area (Å²) in [5.41, 5.74) is 3.32. The van der Waals surface area contributed by atoms with Crippen LogP contribution in [0.2, 0.25) is 0 Å². The molecule has 0 aliphatic rings. The number of benzene rings is 1. The first-order chi connectivity index (χ1) is 6.79. The second-order valence-electron chi connectivity index (χ2n) is 2.77. The second kappa shape index (κ2) is 3.24. The van der Waals surface area contributed by atoms with Crippen molar-refractivity contribution in [2.45, 2.75) is 0 Å². The van der Waals surface area contributed by atoms with Gasteiger partial charge in [-0.15, -0.1) is 0 Å². The SMILES string of the molecule is O=C=NNc1cc2cc(O)ccc2[nH]1. The average Bonchev–Trinajstić information content (AvgIpc) is 2.56. The molecule has 0 unspecified atom stereocenters. The van der Waals surface area contributed by atoms with E-state index in [4.69, 9.17) is 0 Å². The predicted molar refractivity (Wildman–Crippen MR) is 51.7 cm³/mol. The van der Waals surface area contributed by atoms with Crippen molar-refractivity contribution in [3.05, 3.63) is 24.3 Å². The summed E-state index contributed by atoms with van der Waals surface area (Å²) in [6.07, 6.45) is 1.37. The minimum absolute atomic E-state index is 0.196. The number of nitrogens with zero attached hydrogens (tertiary/aromatic N) is 1. The Morgan fingerprint density at radius 3 is 3.07 bits per heavy atom. The Kier molecular flexibility index (Phi) is 1.93. The average molecular weight is 189 g/mol. The van der Waals surface area contributed by atoms with Gasteiger partial charge in [0, 0.05) is 10.9 Å². The molecule has 2 aromatic rings. The molecule has 0 aliphatic heterocycles. The predicted octanol–water partition coefficient (Wildman–Crippen LogP) is 1.54. The summed E-state index contributed by atoms with van der Waals surface area (Å²) in [4.78, 5) is 12.8. The van der Waals surface area contributed by atoms with E-state index < -0.39 is 0 Å². The van der Waals surface area contributed by atoms with Crippen LogP contribution in [0.5, 0.6) is 5.75 Å². The standard InChI is InChI=1S/C9H7N3O2/c13-5-10-12-9-4-6-3-7(14)1-2-8(6)11-9/h1-4,11-12,14H. The lowest BCUT2D eigenvalue weighted by atomic mass is 10.2. The van der Waals surface area contributed by atoms with Crippen LogP contribution in [0.1, 0.15) is 0 Å². The fourth-order valence-corrected chi connectivity index (χ4v) is 1.26. The Morgan fingerprint density at radius 1 is 1.43 bits per heavy atom. The summed E-state index contributed by atoms with van der Waals surface area (Å²) in [6.45, 7) is 0. The molecule has 0 bridgehead atoms. The summed E-state index contributed by atoms with van der Waals surface area (Å²) in [5.74, 6) is 0.774. The molecule has 5 heteroatoms. The third-order valence-corrected chi connectivity index (χ3v) is 1.83. The highest BCUT2D eigenvalue weighted by Crippen LogP contribution is 2.22. The molecule has 1 heterocycles. The molecule has 0 amide bonds. The van der Waals surface area contributed by atoms with E-state index in [2.05, 4.69) is 15.5 Å². The number of phenolic OH excluding ortho intramolecular Hbond substituents is 1. The van der Waals surface area contributed by atoms with E-state index in [-0.39, 0.29) is 5.75 Å². The van der Waals surface area contributed by atoms with Crippen molar-refractivity contribution in [2.75, 3.05) is 5.43 Å². The Morgan fingerprint density at radius 2 is 2.29 bits per heavy atom. The van der Waals surface area contributed by atoms with Gasteiger partial charge in [-0.25, -0.2) is 4.79 Å². The molecule has 0 spiro atoms. The van der Waals surface area contributed by atoms with Gasteiger partial charge < -0.3 is 10.1 Å². The van der Waals surface area contributed by atoms with Gasteiger partial charge >= 0.3 is 0 Å². The first kappa shape index (κ1) is 8.34. The van der Waals surface area contributed by atoms with Gasteiger partial charge in [-0.3, -0.25) is 5.43 Å². The number of anilines is 1. The van der Waals surface area contributed by atoms with E-state index in [9.17, 15) is 9.90 Å². The van der Waals surface area contributed by atoms with Crippen LogP contribution in [-0.4, -0.2) is 16.2 Å². The van der Waals surface area contributed by atoms with Gasteiger partial charge in [0.1, 0.15) is 11.6 Å². The highest BCUT2D eigenvalue weighted by atomic mass is 16.3. The third kappa shape index (κ3) is 1.44. The van der Waals surface area contributed by atoms with Gasteiger partial charge in [0.05, 0.1) is 0 Å². The number of hydrogen-bond donors (Lipinski definition) is 3. The molecule has 1 aromatic carbocycles. The Hall–Kier alpha value is -2.26. The maximum absolute atomic E-state index is 9.84. The molecule has 0 radical (unpaired) electrons.